The number of halogens is 3. The van der Waals surface area contributed by atoms with Crippen LogP contribution in [0.4, 0.5) is 13.2 Å². The molecule has 2 rings (SSSR count). The van der Waals surface area contributed by atoms with Gasteiger partial charge in [0.15, 0.2) is 0 Å². The van der Waals surface area contributed by atoms with E-state index in [0.29, 0.717) is 11.3 Å². The molecule has 0 aliphatic carbocycles. The van der Waals surface area contributed by atoms with E-state index in [4.69, 9.17) is 9.84 Å². The van der Waals surface area contributed by atoms with E-state index in [2.05, 4.69) is 4.98 Å². The van der Waals surface area contributed by atoms with Crippen molar-refractivity contribution >= 4 is 0 Å². The van der Waals surface area contributed by atoms with Gasteiger partial charge in [0.25, 0.3) is 0 Å². The predicted molar refractivity (Wildman–Crippen MR) is 66.4 cm³/mol. The number of ether oxygens (including phenoxy) is 1. The van der Waals surface area contributed by atoms with Gasteiger partial charge in [0.1, 0.15) is 17.2 Å². The number of benzene rings is 1. The van der Waals surface area contributed by atoms with Gasteiger partial charge in [-0.15, -0.1) is 0 Å². The molecule has 0 saturated heterocycles. The Bertz CT molecular complexity index is 612. The zero-order valence-electron chi connectivity index (χ0n) is 10.6. The average molecular weight is 283 g/mol. The minimum Gasteiger partial charge on any atom is -0.457 e. The van der Waals surface area contributed by atoms with Crippen LogP contribution >= 0.6 is 0 Å². The molecular weight excluding hydrogens is 271 g/mol. The quantitative estimate of drug-likeness (QED) is 0.934. The molecule has 1 heterocycles. The van der Waals surface area contributed by atoms with Crippen molar-refractivity contribution in [3.8, 4) is 11.5 Å². The van der Waals surface area contributed by atoms with Gasteiger partial charge in [0, 0.05) is 12.3 Å². The third-order valence-corrected chi connectivity index (χ3v) is 2.67. The van der Waals surface area contributed by atoms with Crippen molar-refractivity contribution in [2.24, 2.45) is 0 Å². The molecule has 0 unspecified atom stereocenters. The number of aryl methyl sites for hydroxylation is 1. The third-order valence-electron chi connectivity index (χ3n) is 2.67. The van der Waals surface area contributed by atoms with Crippen LogP contribution in [0.25, 0.3) is 0 Å². The molecule has 0 amide bonds. The SMILES string of the molecule is Cc1cc(CO)ccc1Oc1ccnc(C(F)(F)F)c1. The standard InChI is InChI=1S/C14H12F3NO2/c1-9-6-10(8-19)2-3-12(9)20-11-4-5-18-13(7-11)14(15,16)17/h2-7,19H,8H2,1H3. The molecular formula is C14H12F3NO2. The zero-order chi connectivity index (χ0) is 14.8. The number of aromatic nitrogens is 1. The topological polar surface area (TPSA) is 42.4 Å². The lowest BCUT2D eigenvalue weighted by Gasteiger charge is -2.11. The highest BCUT2D eigenvalue weighted by Gasteiger charge is 2.32. The van der Waals surface area contributed by atoms with E-state index in [1.54, 1.807) is 25.1 Å². The normalized spacial score (nSPS) is 11.4. The summed E-state index contributed by atoms with van der Waals surface area (Å²) in [4.78, 5) is 3.26. The van der Waals surface area contributed by atoms with E-state index < -0.39 is 11.9 Å². The highest BCUT2D eigenvalue weighted by molar-refractivity contribution is 5.39. The summed E-state index contributed by atoms with van der Waals surface area (Å²) in [6, 6.07) is 7.16. The molecule has 0 spiro atoms. The van der Waals surface area contributed by atoms with E-state index in [9.17, 15) is 13.2 Å². The van der Waals surface area contributed by atoms with Crippen LogP contribution in [0.15, 0.2) is 36.5 Å². The molecule has 2 aromatic rings. The first-order valence-corrected chi connectivity index (χ1v) is 5.81. The minimum atomic E-state index is -4.50. The summed E-state index contributed by atoms with van der Waals surface area (Å²) in [7, 11) is 0. The fourth-order valence-corrected chi connectivity index (χ4v) is 1.68. The Morgan fingerprint density at radius 3 is 2.55 bits per heavy atom. The molecule has 0 fully saturated rings. The van der Waals surface area contributed by atoms with E-state index in [0.717, 1.165) is 17.8 Å². The van der Waals surface area contributed by atoms with Crippen molar-refractivity contribution in [3.63, 3.8) is 0 Å². The molecule has 1 aromatic heterocycles. The van der Waals surface area contributed by atoms with Crippen LogP contribution in [-0.2, 0) is 12.8 Å². The van der Waals surface area contributed by atoms with Crippen LogP contribution < -0.4 is 4.74 Å². The van der Waals surface area contributed by atoms with Crippen LogP contribution in [0.1, 0.15) is 16.8 Å². The molecule has 0 aliphatic heterocycles. The Balaban J connectivity index is 2.26. The second-order valence-electron chi connectivity index (χ2n) is 4.23. The summed E-state index contributed by atoms with van der Waals surface area (Å²) in [5, 5.41) is 8.99. The highest BCUT2D eigenvalue weighted by atomic mass is 19.4. The number of rotatable bonds is 3. The molecule has 0 bridgehead atoms. The van der Waals surface area contributed by atoms with Gasteiger partial charge in [-0.25, -0.2) is 0 Å². The van der Waals surface area contributed by atoms with Gasteiger partial charge in [-0.3, -0.25) is 4.98 Å². The smallest absolute Gasteiger partial charge is 0.433 e. The van der Waals surface area contributed by atoms with Crippen molar-refractivity contribution in [3.05, 3.63) is 53.3 Å². The van der Waals surface area contributed by atoms with Gasteiger partial charge < -0.3 is 9.84 Å². The van der Waals surface area contributed by atoms with Crippen LogP contribution in [0.3, 0.4) is 0 Å². The lowest BCUT2D eigenvalue weighted by molar-refractivity contribution is -0.141. The van der Waals surface area contributed by atoms with Crippen molar-refractivity contribution in [2.45, 2.75) is 19.7 Å². The molecule has 6 heteroatoms. The lowest BCUT2D eigenvalue weighted by atomic mass is 10.1. The molecule has 0 saturated carbocycles. The molecule has 0 aliphatic rings. The van der Waals surface area contributed by atoms with E-state index in [1.807, 2.05) is 0 Å². The van der Waals surface area contributed by atoms with Crippen LogP contribution in [-0.4, -0.2) is 10.1 Å². The molecule has 1 N–H and O–H groups in total. The Kier molecular flexibility index (Phi) is 3.94. The molecule has 20 heavy (non-hydrogen) atoms. The summed E-state index contributed by atoms with van der Waals surface area (Å²) >= 11 is 0. The summed E-state index contributed by atoms with van der Waals surface area (Å²) in [5.74, 6) is 0.494. The molecule has 0 atom stereocenters. The molecule has 0 radical (unpaired) electrons. The lowest BCUT2D eigenvalue weighted by Crippen LogP contribution is -2.07. The molecule has 1 aromatic carbocycles. The summed E-state index contributed by atoms with van der Waals surface area (Å²) in [6.07, 6.45) is -3.45. The number of nitrogens with zero attached hydrogens (tertiary/aromatic N) is 1. The Morgan fingerprint density at radius 2 is 1.95 bits per heavy atom. The highest BCUT2D eigenvalue weighted by Crippen LogP contribution is 2.31. The number of hydrogen-bond donors (Lipinski definition) is 1. The summed E-state index contributed by atoms with van der Waals surface area (Å²) < 4.78 is 43.0. The van der Waals surface area contributed by atoms with Gasteiger partial charge in [0.05, 0.1) is 6.61 Å². The average Bonchev–Trinajstić information content (AvgIpc) is 2.40. The Labute approximate surface area is 113 Å². The van der Waals surface area contributed by atoms with Crippen LogP contribution in [0.5, 0.6) is 11.5 Å². The maximum absolute atomic E-state index is 12.5. The predicted octanol–water partition coefficient (Wildman–Crippen LogP) is 3.69. The largest absolute Gasteiger partial charge is 0.457 e. The van der Waals surface area contributed by atoms with Crippen molar-refractivity contribution in [1.82, 2.24) is 4.98 Å². The van der Waals surface area contributed by atoms with E-state index >= 15 is 0 Å². The fraction of sp³-hybridized carbons (Fsp3) is 0.214. The van der Waals surface area contributed by atoms with Gasteiger partial charge in [0.2, 0.25) is 0 Å². The number of aliphatic hydroxyl groups excluding tert-OH is 1. The Morgan fingerprint density at radius 1 is 1.20 bits per heavy atom. The van der Waals surface area contributed by atoms with Crippen molar-refractivity contribution in [1.29, 1.82) is 0 Å². The monoisotopic (exact) mass is 283 g/mol. The Hall–Kier alpha value is -2.08. The van der Waals surface area contributed by atoms with Gasteiger partial charge in [-0.2, -0.15) is 13.2 Å². The zero-order valence-corrected chi connectivity index (χ0v) is 10.6. The van der Waals surface area contributed by atoms with E-state index in [1.165, 1.54) is 6.07 Å². The van der Waals surface area contributed by atoms with Crippen LogP contribution in [0, 0.1) is 6.92 Å². The number of alkyl halides is 3. The van der Waals surface area contributed by atoms with Crippen molar-refractivity contribution in [2.75, 3.05) is 0 Å². The summed E-state index contributed by atoms with van der Waals surface area (Å²) in [5.41, 5.74) is 0.433. The number of aliphatic hydroxyl groups is 1. The van der Waals surface area contributed by atoms with Crippen LogP contribution in [0.2, 0.25) is 0 Å². The summed E-state index contributed by atoms with van der Waals surface area (Å²) in [6.45, 7) is 1.65. The first kappa shape index (κ1) is 14.3. The van der Waals surface area contributed by atoms with E-state index in [-0.39, 0.29) is 12.4 Å². The number of pyridine rings is 1. The maximum atomic E-state index is 12.5. The first-order chi connectivity index (χ1) is 9.40. The maximum Gasteiger partial charge on any atom is 0.433 e. The fourth-order valence-electron chi connectivity index (χ4n) is 1.68. The van der Waals surface area contributed by atoms with Gasteiger partial charge in [-0.1, -0.05) is 12.1 Å². The van der Waals surface area contributed by atoms with Crippen molar-refractivity contribution < 1.29 is 23.0 Å². The second kappa shape index (κ2) is 5.50. The molecule has 3 nitrogen and oxygen atoms in total. The first-order valence-electron chi connectivity index (χ1n) is 5.81. The van der Waals surface area contributed by atoms with Gasteiger partial charge in [-0.05, 0) is 30.2 Å². The minimum absolute atomic E-state index is 0.0622. The third kappa shape index (κ3) is 3.27. The second-order valence-corrected chi connectivity index (χ2v) is 4.23. The van der Waals surface area contributed by atoms with Gasteiger partial charge >= 0.3 is 6.18 Å². The molecule has 106 valence electrons. The number of hydrogen-bond acceptors (Lipinski definition) is 3.